The predicted molar refractivity (Wildman–Crippen MR) is 95.1 cm³/mol. The van der Waals surface area contributed by atoms with Gasteiger partial charge >= 0.3 is 0 Å². The van der Waals surface area contributed by atoms with Gasteiger partial charge in [0.25, 0.3) is 0 Å². The van der Waals surface area contributed by atoms with Crippen LogP contribution in [0.5, 0.6) is 0 Å². The van der Waals surface area contributed by atoms with Gasteiger partial charge in [-0.25, -0.2) is 8.42 Å². The first-order valence-electron chi connectivity index (χ1n) is 7.98. The molecule has 0 aliphatic carbocycles. The third-order valence-electron chi connectivity index (χ3n) is 4.03. The average molecular weight is 337 g/mol. The Morgan fingerprint density at radius 3 is 2.22 bits per heavy atom. The molecule has 128 valence electrons. The molecule has 0 radical (unpaired) electrons. The van der Waals surface area contributed by atoms with Crippen LogP contribution in [0.2, 0.25) is 0 Å². The molecule has 0 aliphatic heterocycles. The van der Waals surface area contributed by atoms with Crippen LogP contribution >= 0.6 is 0 Å². The second-order valence-electron chi connectivity index (χ2n) is 5.73. The van der Waals surface area contributed by atoms with E-state index in [0.29, 0.717) is 11.8 Å². The summed E-state index contributed by atoms with van der Waals surface area (Å²) in [7, 11) is -4.49. The van der Waals surface area contributed by atoms with E-state index in [1.807, 2.05) is 12.1 Å². The van der Waals surface area contributed by atoms with Gasteiger partial charge in [-0.1, -0.05) is 57.0 Å². The lowest BCUT2D eigenvalue weighted by atomic mass is 9.94. The first-order valence-corrected chi connectivity index (χ1v) is 9.39. The van der Waals surface area contributed by atoms with Crippen LogP contribution in [0, 0.1) is 0 Å². The number of fused-ring (bicyclic) bond motifs is 1. The molecular formula is C18H27NO3S. The molecule has 4 nitrogen and oxygen atoms in total. The van der Waals surface area contributed by atoms with E-state index in [0.717, 1.165) is 48.6 Å². The van der Waals surface area contributed by atoms with Gasteiger partial charge in [-0.05, 0) is 47.6 Å². The lowest BCUT2D eigenvalue weighted by Gasteiger charge is -2.20. The summed E-state index contributed by atoms with van der Waals surface area (Å²) in [5.41, 5.74) is 1.76. The molecule has 2 aromatic rings. The molecule has 0 amide bonds. The summed E-state index contributed by atoms with van der Waals surface area (Å²) in [5, 5.41) is 1.40. The van der Waals surface area contributed by atoms with Crippen molar-refractivity contribution in [2.45, 2.75) is 57.3 Å². The molecule has 0 saturated heterocycles. The Balaban J connectivity index is 0.00000264. The summed E-state index contributed by atoms with van der Waals surface area (Å²) in [6.45, 7) is 4.18. The fourth-order valence-electron chi connectivity index (χ4n) is 2.92. The Labute approximate surface area is 139 Å². The van der Waals surface area contributed by atoms with E-state index in [4.69, 9.17) is 0 Å². The smallest absolute Gasteiger partial charge is 0.125 e. The molecule has 0 aliphatic rings. The minimum atomic E-state index is -4.49. The molecule has 0 heterocycles. The largest absolute Gasteiger partial charge is 0.744 e. The molecule has 0 atom stereocenters. The third kappa shape index (κ3) is 4.53. The van der Waals surface area contributed by atoms with Crippen molar-refractivity contribution in [2.24, 2.45) is 0 Å². The molecule has 0 unspecified atom stereocenters. The molecule has 0 saturated carbocycles. The Morgan fingerprint density at radius 2 is 1.61 bits per heavy atom. The Bertz CT molecular complexity index is 754. The molecule has 2 aromatic carbocycles. The SMILES string of the molecule is CCCCc1cc2ccccc2c(S(=O)(=O)[O-])c1CCCC.[NH4+]. The second-order valence-corrected chi connectivity index (χ2v) is 7.04. The Morgan fingerprint density at radius 1 is 1.00 bits per heavy atom. The second kappa shape index (κ2) is 8.43. The quantitative estimate of drug-likeness (QED) is 0.735. The summed E-state index contributed by atoms with van der Waals surface area (Å²) in [5.74, 6) is 0. The van der Waals surface area contributed by atoms with Crippen LogP contribution in [0.15, 0.2) is 35.2 Å². The fraction of sp³-hybridized carbons (Fsp3) is 0.444. The van der Waals surface area contributed by atoms with Gasteiger partial charge in [-0.15, -0.1) is 0 Å². The highest BCUT2D eigenvalue weighted by atomic mass is 32.2. The van der Waals surface area contributed by atoms with Gasteiger partial charge < -0.3 is 10.7 Å². The van der Waals surface area contributed by atoms with Crippen LogP contribution in [-0.2, 0) is 23.0 Å². The van der Waals surface area contributed by atoms with E-state index in [1.165, 1.54) is 0 Å². The minimum Gasteiger partial charge on any atom is -0.744 e. The lowest BCUT2D eigenvalue weighted by Crippen LogP contribution is -2.08. The van der Waals surface area contributed by atoms with Crippen LogP contribution < -0.4 is 6.15 Å². The zero-order chi connectivity index (χ0) is 16.2. The summed E-state index contributed by atoms with van der Waals surface area (Å²) in [4.78, 5) is 0.00477. The van der Waals surface area contributed by atoms with Gasteiger partial charge in [-0.2, -0.15) is 0 Å². The number of quaternary nitrogens is 1. The number of hydrogen-bond donors (Lipinski definition) is 1. The molecule has 2 rings (SSSR count). The number of unbranched alkanes of at least 4 members (excludes halogenated alkanes) is 2. The van der Waals surface area contributed by atoms with E-state index in [1.54, 1.807) is 12.1 Å². The first kappa shape index (κ1) is 19.6. The number of aryl methyl sites for hydroxylation is 1. The standard InChI is InChI=1S/C18H24O3S.H3N/c1-3-5-9-14-13-15-10-7-8-12-17(15)18(22(19,20)21)16(14)11-6-4-2;/h7-8,10,12-13H,3-6,9,11H2,1-2H3,(H,19,20,21);1H3. The number of benzene rings is 2. The van der Waals surface area contributed by atoms with Gasteiger partial charge in [0.1, 0.15) is 10.1 Å². The monoisotopic (exact) mass is 337 g/mol. The first-order chi connectivity index (χ1) is 10.5. The van der Waals surface area contributed by atoms with E-state index in [2.05, 4.69) is 19.9 Å². The highest BCUT2D eigenvalue weighted by molar-refractivity contribution is 7.86. The molecule has 0 bridgehead atoms. The highest BCUT2D eigenvalue weighted by Crippen LogP contribution is 2.32. The molecule has 0 fully saturated rings. The minimum absolute atomic E-state index is 0. The van der Waals surface area contributed by atoms with Crippen molar-refractivity contribution in [3.63, 3.8) is 0 Å². The van der Waals surface area contributed by atoms with Crippen molar-refractivity contribution in [1.82, 2.24) is 6.15 Å². The topological polar surface area (TPSA) is 93.7 Å². The Hall–Kier alpha value is -1.43. The van der Waals surface area contributed by atoms with Crippen molar-refractivity contribution in [1.29, 1.82) is 0 Å². The summed E-state index contributed by atoms with van der Waals surface area (Å²) < 4.78 is 35.7. The van der Waals surface area contributed by atoms with E-state index < -0.39 is 10.1 Å². The average Bonchev–Trinajstić information content (AvgIpc) is 2.48. The van der Waals surface area contributed by atoms with Crippen LogP contribution in [0.4, 0.5) is 0 Å². The van der Waals surface area contributed by atoms with Gasteiger partial charge in [0, 0.05) is 0 Å². The third-order valence-corrected chi connectivity index (χ3v) is 4.99. The molecule has 4 N–H and O–H groups in total. The van der Waals surface area contributed by atoms with Crippen molar-refractivity contribution >= 4 is 20.9 Å². The van der Waals surface area contributed by atoms with Gasteiger partial charge in [-0.3, -0.25) is 0 Å². The van der Waals surface area contributed by atoms with Crippen molar-refractivity contribution in [3.05, 3.63) is 41.5 Å². The Kier molecular flexibility index (Phi) is 7.19. The maximum absolute atomic E-state index is 11.9. The van der Waals surface area contributed by atoms with Crippen LogP contribution in [0.3, 0.4) is 0 Å². The highest BCUT2D eigenvalue weighted by Gasteiger charge is 2.17. The summed E-state index contributed by atoms with van der Waals surface area (Å²) in [6.07, 6.45) is 5.37. The summed E-state index contributed by atoms with van der Waals surface area (Å²) >= 11 is 0. The number of rotatable bonds is 7. The molecule has 23 heavy (non-hydrogen) atoms. The van der Waals surface area contributed by atoms with Crippen LogP contribution in [0.25, 0.3) is 10.8 Å². The van der Waals surface area contributed by atoms with Crippen LogP contribution in [0.1, 0.15) is 50.7 Å². The van der Waals surface area contributed by atoms with E-state index in [9.17, 15) is 13.0 Å². The zero-order valence-corrected chi connectivity index (χ0v) is 15.1. The molecule has 0 aromatic heterocycles. The fourth-order valence-corrected chi connectivity index (χ4v) is 3.91. The molecule has 0 spiro atoms. The normalized spacial score (nSPS) is 11.4. The lowest BCUT2D eigenvalue weighted by molar-refractivity contribution is 0.462. The van der Waals surface area contributed by atoms with Gasteiger partial charge in [0.05, 0.1) is 4.90 Å². The van der Waals surface area contributed by atoms with Crippen molar-refractivity contribution < 1.29 is 13.0 Å². The molecular weight excluding hydrogens is 310 g/mol. The van der Waals surface area contributed by atoms with E-state index in [-0.39, 0.29) is 11.0 Å². The zero-order valence-electron chi connectivity index (χ0n) is 14.3. The van der Waals surface area contributed by atoms with Crippen LogP contribution in [-0.4, -0.2) is 13.0 Å². The van der Waals surface area contributed by atoms with Gasteiger partial charge in [0.15, 0.2) is 0 Å². The maximum atomic E-state index is 11.9. The van der Waals surface area contributed by atoms with E-state index >= 15 is 0 Å². The number of hydrogen-bond acceptors (Lipinski definition) is 3. The maximum Gasteiger partial charge on any atom is 0.125 e. The summed E-state index contributed by atoms with van der Waals surface area (Å²) in [6, 6.07) is 9.33. The van der Waals surface area contributed by atoms with Crippen molar-refractivity contribution in [2.75, 3.05) is 0 Å². The van der Waals surface area contributed by atoms with Gasteiger partial charge in [0.2, 0.25) is 0 Å². The van der Waals surface area contributed by atoms with Crippen molar-refractivity contribution in [3.8, 4) is 0 Å². The predicted octanol–water partition coefficient (Wildman–Crippen LogP) is 4.81. The molecule has 5 heteroatoms.